The smallest absolute Gasteiger partial charge is 0.339 e. The summed E-state index contributed by atoms with van der Waals surface area (Å²) in [7, 11) is 1.30. The van der Waals surface area contributed by atoms with Gasteiger partial charge in [-0.3, -0.25) is 9.59 Å². The highest BCUT2D eigenvalue weighted by atomic mass is 32.2. The van der Waals surface area contributed by atoms with Crippen LogP contribution in [0.2, 0.25) is 0 Å². The zero-order valence-electron chi connectivity index (χ0n) is 17.9. The van der Waals surface area contributed by atoms with Crippen LogP contribution in [0.3, 0.4) is 0 Å². The van der Waals surface area contributed by atoms with Gasteiger partial charge in [-0.2, -0.15) is 0 Å². The van der Waals surface area contributed by atoms with Gasteiger partial charge in [-0.15, -0.1) is 11.8 Å². The van der Waals surface area contributed by atoms with Gasteiger partial charge in [0.25, 0.3) is 0 Å². The number of carbonyl (C=O) groups excluding carboxylic acids is 3. The van der Waals surface area contributed by atoms with Gasteiger partial charge in [0.2, 0.25) is 11.8 Å². The molecule has 2 aromatic carbocycles. The highest BCUT2D eigenvalue weighted by molar-refractivity contribution is 8.00. The van der Waals surface area contributed by atoms with E-state index in [9.17, 15) is 14.4 Å². The molecule has 0 saturated carbocycles. The third-order valence-electron chi connectivity index (χ3n) is 4.08. The molecule has 0 saturated heterocycles. The van der Waals surface area contributed by atoms with Gasteiger partial charge in [-0.05, 0) is 42.7 Å². The van der Waals surface area contributed by atoms with Gasteiger partial charge < -0.3 is 15.4 Å². The molecule has 0 radical (unpaired) electrons. The van der Waals surface area contributed by atoms with E-state index in [2.05, 4.69) is 10.6 Å². The lowest BCUT2D eigenvalue weighted by atomic mass is 9.92. The fourth-order valence-corrected chi connectivity index (χ4v) is 3.63. The van der Waals surface area contributed by atoms with E-state index in [1.54, 1.807) is 31.2 Å². The molecule has 0 spiro atoms. The third-order valence-corrected chi connectivity index (χ3v) is 5.17. The van der Waals surface area contributed by atoms with Crippen LogP contribution in [0.5, 0.6) is 0 Å². The molecule has 0 aliphatic rings. The molecule has 6 nitrogen and oxygen atoms in total. The summed E-state index contributed by atoms with van der Waals surface area (Å²) in [4.78, 5) is 37.5. The summed E-state index contributed by atoms with van der Waals surface area (Å²) in [5, 5.41) is 5.27. The zero-order chi connectivity index (χ0) is 22.3. The standard InChI is InChI=1S/C23H28N2O4S/c1-15(21(27)25-19-12-7-6-11-18(19)22(28)29-5)30-17-10-8-9-16(13-17)24-20(26)14-23(2,3)4/h6-13,15H,14H2,1-5H3,(H,24,26)(H,25,27). The second kappa shape index (κ2) is 10.3. The first-order valence-corrected chi connectivity index (χ1v) is 10.5. The summed E-state index contributed by atoms with van der Waals surface area (Å²) in [5.41, 5.74) is 1.31. The quantitative estimate of drug-likeness (QED) is 0.481. The summed E-state index contributed by atoms with van der Waals surface area (Å²) in [6, 6.07) is 14.1. The van der Waals surface area contributed by atoms with E-state index < -0.39 is 11.2 Å². The molecule has 30 heavy (non-hydrogen) atoms. The molecule has 2 N–H and O–H groups in total. The largest absolute Gasteiger partial charge is 0.465 e. The number of ether oxygens (including phenoxy) is 1. The first kappa shape index (κ1) is 23.5. The molecule has 2 amide bonds. The third kappa shape index (κ3) is 7.22. The van der Waals surface area contributed by atoms with Crippen molar-refractivity contribution in [1.82, 2.24) is 0 Å². The molecule has 1 unspecified atom stereocenters. The van der Waals surface area contributed by atoms with E-state index in [1.807, 2.05) is 45.0 Å². The molecule has 160 valence electrons. The minimum absolute atomic E-state index is 0.0464. The highest BCUT2D eigenvalue weighted by Crippen LogP contribution is 2.28. The first-order valence-electron chi connectivity index (χ1n) is 9.64. The average molecular weight is 429 g/mol. The van der Waals surface area contributed by atoms with Crippen molar-refractivity contribution in [2.45, 2.75) is 44.3 Å². The Hall–Kier alpha value is -2.80. The Morgan fingerprint density at radius 3 is 2.40 bits per heavy atom. The van der Waals surface area contributed by atoms with Crippen LogP contribution in [-0.2, 0) is 14.3 Å². The van der Waals surface area contributed by atoms with Crippen LogP contribution in [0.1, 0.15) is 44.5 Å². The second-order valence-corrected chi connectivity index (χ2v) is 9.51. The number of hydrogen-bond donors (Lipinski definition) is 2. The SMILES string of the molecule is COC(=O)c1ccccc1NC(=O)C(C)Sc1cccc(NC(=O)CC(C)(C)C)c1. The molecule has 0 aliphatic carbocycles. The van der Waals surface area contributed by atoms with Gasteiger partial charge in [0.15, 0.2) is 0 Å². The average Bonchev–Trinajstić information content (AvgIpc) is 2.66. The number of esters is 1. The number of rotatable bonds is 7. The predicted octanol–water partition coefficient (Wildman–Crippen LogP) is 4.97. The maximum absolute atomic E-state index is 12.6. The molecule has 0 fully saturated rings. The second-order valence-electron chi connectivity index (χ2n) is 8.10. The van der Waals surface area contributed by atoms with Crippen molar-refractivity contribution in [3.05, 3.63) is 54.1 Å². The summed E-state index contributed by atoms with van der Waals surface area (Å²) < 4.78 is 4.76. The molecule has 2 rings (SSSR count). The minimum Gasteiger partial charge on any atom is -0.465 e. The highest BCUT2D eigenvalue weighted by Gasteiger charge is 2.19. The van der Waals surface area contributed by atoms with Crippen molar-refractivity contribution in [2.24, 2.45) is 5.41 Å². The molecule has 0 heterocycles. The van der Waals surface area contributed by atoms with Gasteiger partial charge in [0.05, 0.1) is 23.6 Å². The Balaban J connectivity index is 2.03. The minimum atomic E-state index is -0.509. The van der Waals surface area contributed by atoms with Gasteiger partial charge >= 0.3 is 5.97 Å². The number of thioether (sulfide) groups is 1. The molecule has 1 atom stereocenters. The maximum atomic E-state index is 12.6. The van der Waals surface area contributed by atoms with Crippen molar-refractivity contribution in [3.63, 3.8) is 0 Å². The predicted molar refractivity (Wildman–Crippen MR) is 121 cm³/mol. The fraction of sp³-hybridized carbons (Fsp3) is 0.348. The molecular formula is C23H28N2O4S. The summed E-state index contributed by atoms with van der Waals surface area (Å²) in [5.74, 6) is -0.793. The van der Waals surface area contributed by atoms with Crippen LogP contribution < -0.4 is 10.6 Å². The lowest BCUT2D eigenvalue weighted by Gasteiger charge is -2.17. The fourth-order valence-electron chi connectivity index (χ4n) is 2.71. The molecule has 2 aromatic rings. The van der Waals surface area contributed by atoms with E-state index in [4.69, 9.17) is 4.74 Å². The molecule has 0 bridgehead atoms. The topological polar surface area (TPSA) is 84.5 Å². The van der Waals surface area contributed by atoms with E-state index in [-0.39, 0.29) is 17.2 Å². The number of nitrogens with one attached hydrogen (secondary N) is 2. The normalized spacial score (nSPS) is 12.0. The monoisotopic (exact) mass is 428 g/mol. The van der Waals surface area contributed by atoms with Crippen molar-refractivity contribution in [2.75, 3.05) is 17.7 Å². The number of anilines is 2. The lowest BCUT2D eigenvalue weighted by Crippen LogP contribution is -2.23. The number of para-hydroxylation sites is 1. The Labute approximate surface area is 181 Å². The van der Waals surface area contributed by atoms with Crippen LogP contribution in [0.15, 0.2) is 53.4 Å². The van der Waals surface area contributed by atoms with Crippen molar-refractivity contribution in [3.8, 4) is 0 Å². The first-order chi connectivity index (χ1) is 14.1. The Morgan fingerprint density at radius 2 is 1.73 bits per heavy atom. The van der Waals surface area contributed by atoms with Crippen molar-refractivity contribution < 1.29 is 19.1 Å². The number of hydrogen-bond acceptors (Lipinski definition) is 5. The molecule has 0 aromatic heterocycles. The maximum Gasteiger partial charge on any atom is 0.339 e. The van der Waals surface area contributed by atoms with Gasteiger partial charge in [0, 0.05) is 17.0 Å². The van der Waals surface area contributed by atoms with E-state index in [0.717, 1.165) is 4.90 Å². The number of amides is 2. The van der Waals surface area contributed by atoms with Gasteiger partial charge in [-0.1, -0.05) is 39.0 Å². The van der Waals surface area contributed by atoms with E-state index in [1.165, 1.54) is 18.9 Å². The van der Waals surface area contributed by atoms with Crippen LogP contribution in [0.4, 0.5) is 11.4 Å². The van der Waals surface area contributed by atoms with E-state index in [0.29, 0.717) is 23.4 Å². The molecule has 7 heteroatoms. The number of carbonyl (C=O) groups is 3. The number of methoxy groups -OCH3 is 1. The van der Waals surface area contributed by atoms with Crippen LogP contribution >= 0.6 is 11.8 Å². The summed E-state index contributed by atoms with van der Waals surface area (Å²) >= 11 is 1.37. The van der Waals surface area contributed by atoms with Crippen LogP contribution in [-0.4, -0.2) is 30.1 Å². The van der Waals surface area contributed by atoms with Crippen LogP contribution in [0, 0.1) is 5.41 Å². The van der Waals surface area contributed by atoms with Gasteiger partial charge in [0.1, 0.15) is 0 Å². The number of benzene rings is 2. The summed E-state index contributed by atoms with van der Waals surface area (Å²) in [6.45, 7) is 7.82. The van der Waals surface area contributed by atoms with Gasteiger partial charge in [-0.25, -0.2) is 4.79 Å². The van der Waals surface area contributed by atoms with E-state index >= 15 is 0 Å². The van der Waals surface area contributed by atoms with Crippen LogP contribution in [0.25, 0.3) is 0 Å². The summed E-state index contributed by atoms with van der Waals surface area (Å²) in [6.07, 6.45) is 0.419. The lowest BCUT2D eigenvalue weighted by molar-refractivity contribution is -0.118. The molecular weight excluding hydrogens is 400 g/mol. The Bertz CT molecular complexity index is 921. The Kier molecular flexibility index (Phi) is 8.06. The van der Waals surface area contributed by atoms with Crippen molar-refractivity contribution in [1.29, 1.82) is 0 Å². The van der Waals surface area contributed by atoms with Crippen molar-refractivity contribution >= 4 is 40.9 Å². The zero-order valence-corrected chi connectivity index (χ0v) is 18.8. The molecule has 0 aliphatic heterocycles. The Morgan fingerprint density at radius 1 is 1.03 bits per heavy atom.